The van der Waals surface area contributed by atoms with E-state index in [1.54, 1.807) is 24.1 Å². The summed E-state index contributed by atoms with van der Waals surface area (Å²) in [5.74, 6) is 0.0848. The predicted molar refractivity (Wildman–Crippen MR) is 102 cm³/mol. The quantitative estimate of drug-likeness (QED) is 0.602. The van der Waals surface area contributed by atoms with Gasteiger partial charge in [-0.3, -0.25) is 4.79 Å². The fourth-order valence-corrected chi connectivity index (χ4v) is 3.18. The maximum absolute atomic E-state index is 12.7. The summed E-state index contributed by atoms with van der Waals surface area (Å²) >= 11 is 6.41. The lowest BCUT2D eigenvalue weighted by molar-refractivity contribution is 0.0649. The molecule has 0 atom stereocenters. The minimum absolute atomic E-state index is 0.205. The van der Waals surface area contributed by atoms with Crippen molar-refractivity contribution >= 4 is 28.4 Å². The third-order valence-corrected chi connectivity index (χ3v) is 4.58. The van der Waals surface area contributed by atoms with Gasteiger partial charge in [0, 0.05) is 31.1 Å². The molecule has 0 spiro atoms. The van der Waals surface area contributed by atoms with Crippen LogP contribution < -0.4 is 0 Å². The number of hydrogen-bond acceptors (Lipinski definition) is 4. The number of carbonyl (C=O) groups excluding carboxylic acids is 1. The molecule has 0 bridgehead atoms. The van der Waals surface area contributed by atoms with E-state index in [0.717, 1.165) is 27.6 Å². The Bertz CT molecular complexity index is 922. The fourth-order valence-electron chi connectivity index (χ4n) is 2.97. The van der Waals surface area contributed by atoms with E-state index in [0.29, 0.717) is 24.8 Å². The Morgan fingerprint density at radius 2 is 2.12 bits per heavy atom. The van der Waals surface area contributed by atoms with Gasteiger partial charge in [0.2, 0.25) is 0 Å². The van der Waals surface area contributed by atoms with E-state index < -0.39 is 0 Å². The van der Waals surface area contributed by atoms with E-state index in [-0.39, 0.29) is 11.7 Å². The fraction of sp³-hybridized carbons (Fsp3) is 0.300. The molecule has 26 heavy (non-hydrogen) atoms. The number of aromatic nitrogens is 1. The lowest BCUT2D eigenvalue weighted by Crippen LogP contribution is -2.33. The third kappa shape index (κ3) is 3.89. The van der Waals surface area contributed by atoms with Crippen LogP contribution in [0, 0.1) is 13.8 Å². The number of aryl methyl sites for hydroxylation is 2. The highest BCUT2D eigenvalue weighted by molar-refractivity contribution is 6.30. The molecule has 0 saturated heterocycles. The van der Waals surface area contributed by atoms with Crippen LogP contribution in [0.25, 0.3) is 10.9 Å². The molecule has 0 aliphatic carbocycles. The van der Waals surface area contributed by atoms with Crippen molar-refractivity contribution in [2.45, 2.75) is 20.4 Å². The zero-order valence-electron chi connectivity index (χ0n) is 15.1. The zero-order valence-corrected chi connectivity index (χ0v) is 15.8. The first-order valence-electron chi connectivity index (χ1n) is 8.37. The number of halogens is 1. The van der Waals surface area contributed by atoms with Gasteiger partial charge in [-0.15, -0.1) is 0 Å². The van der Waals surface area contributed by atoms with Crippen LogP contribution >= 0.6 is 11.6 Å². The summed E-state index contributed by atoms with van der Waals surface area (Å²) in [6.45, 7) is 5.26. The van der Waals surface area contributed by atoms with E-state index in [9.17, 15) is 4.79 Å². The normalized spacial score (nSPS) is 11.1. The molecule has 2 heterocycles. The SMILES string of the molecule is COCCN(Cc1cc2c(C)cc(C)cc2nc1Cl)C(=O)c1ccco1. The predicted octanol–water partition coefficient (Wildman–Crippen LogP) is 4.39. The number of amides is 1. The van der Waals surface area contributed by atoms with Crippen molar-refractivity contribution in [1.29, 1.82) is 0 Å². The zero-order chi connectivity index (χ0) is 18.7. The maximum Gasteiger partial charge on any atom is 0.289 e. The van der Waals surface area contributed by atoms with Crippen molar-refractivity contribution in [2.75, 3.05) is 20.3 Å². The summed E-state index contributed by atoms with van der Waals surface area (Å²) in [6, 6.07) is 9.47. The van der Waals surface area contributed by atoms with Crippen LogP contribution in [-0.4, -0.2) is 36.1 Å². The lowest BCUT2D eigenvalue weighted by atomic mass is 10.0. The Morgan fingerprint density at radius 3 is 2.81 bits per heavy atom. The molecule has 0 unspecified atom stereocenters. The van der Waals surface area contributed by atoms with Crippen LogP contribution in [0.2, 0.25) is 5.15 Å². The third-order valence-electron chi connectivity index (χ3n) is 4.26. The smallest absolute Gasteiger partial charge is 0.289 e. The highest BCUT2D eigenvalue weighted by Gasteiger charge is 2.20. The molecular formula is C20H21ClN2O3. The molecule has 3 aromatic rings. The second kappa shape index (κ2) is 7.89. The minimum atomic E-state index is -0.205. The average molecular weight is 373 g/mol. The number of fused-ring (bicyclic) bond motifs is 1. The second-order valence-electron chi connectivity index (χ2n) is 6.28. The summed E-state index contributed by atoms with van der Waals surface area (Å²) < 4.78 is 10.4. The highest BCUT2D eigenvalue weighted by atomic mass is 35.5. The van der Waals surface area contributed by atoms with Crippen molar-refractivity contribution in [3.8, 4) is 0 Å². The topological polar surface area (TPSA) is 55.6 Å². The van der Waals surface area contributed by atoms with E-state index in [2.05, 4.69) is 11.1 Å². The summed E-state index contributed by atoms with van der Waals surface area (Å²) in [4.78, 5) is 18.9. The Kier molecular flexibility index (Phi) is 5.59. The summed E-state index contributed by atoms with van der Waals surface area (Å²) in [7, 11) is 1.60. The van der Waals surface area contributed by atoms with Gasteiger partial charge in [0.15, 0.2) is 5.76 Å². The molecule has 6 heteroatoms. The van der Waals surface area contributed by atoms with Crippen molar-refractivity contribution in [2.24, 2.45) is 0 Å². The second-order valence-corrected chi connectivity index (χ2v) is 6.64. The molecular weight excluding hydrogens is 352 g/mol. The number of furan rings is 1. The molecule has 0 aliphatic rings. The van der Waals surface area contributed by atoms with E-state index in [1.807, 2.05) is 26.0 Å². The summed E-state index contributed by atoms with van der Waals surface area (Å²) in [5.41, 5.74) is 3.92. The Hall–Kier alpha value is -2.37. The molecule has 0 N–H and O–H groups in total. The van der Waals surface area contributed by atoms with Gasteiger partial charge in [0.25, 0.3) is 5.91 Å². The van der Waals surface area contributed by atoms with Crippen LogP contribution in [0.3, 0.4) is 0 Å². The number of hydrogen-bond donors (Lipinski definition) is 0. The van der Waals surface area contributed by atoms with Crippen molar-refractivity contribution < 1.29 is 13.9 Å². The van der Waals surface area contributed by atoms with Crippen LogP contribution in [0.4, 0.5) is 0 Å². The van der Waals surface area contributed by atoms with Gasteiger partial charge in [-0.1, -0.05) is 17.7 Å². The van der Waals surface area contributed by atoms with E-state index in [4.69, 9.17) is 20.8 Å². The molecule has 0 saturated carbocycles. The molecule has 0 fully saturated rings. The van der Waals surface area contributed by atoms with Gasteiger partial charge in [-0.05, 0) is 49.2 Å². The molecule has 2 aromatic heterocycles. The molecule has 5 nitrogen and oxygen atoms in total. The van der Waals surface area contributed by atoms with Gasteiger partial charge in [0.05, 0.1) is 18.4 Å². The van der Waals surface area contributed by atoms with Gasteiger partial charge in [0.1, 0.15) is 5.15 Å². The van der Waals surface area contributed by atoms with E-state index in [1.165, 1.54) is 6.26 Å². The van der Waals surface area contributed by atoms with Gasteiger partial charge in [-0.2, -0.15) is 0 Å². The van der Waals surface area contributed by atoms with Crippen LogP contribution in [0.5, 0.6) is 0 Å². The number of nitrogens with zero attached hydrogens (tertiary/aromatic N) is 2. The number of methoxy groups -OCH3 is 1. The molecule has 0 radical (unpaired) electrons. The van der Waals surface area contributed by atoms with Gasteiger partial charge < -0.3 is 14.1 Å². The molecule has 1 aromatic carbocycles. The van der Waals surface area contributed by atoms with Gasteiger partial charge in [-0.25, -0.2) is 4.98 Å². The van der Waals surface area contributed by atoms with Crippen LogP contribution in [0.1, 0.15) is 27.2 Å². The van der Waals surface area contributed by atoms with Crippen molar-refractivity contribution in [3.05, 3.63) is 64.2 Å². The number of carbonyl (C=O) groups is 1. The highest BCUT2D eigenvalue weighted by Crippen LogP contribution is 2.26. The Balaban J connectivity index is 1.95. The lowest BCUT2D eigenvalue weighted by Gasteiger charge is -2.22. The number of pyridine rings is 1. The minimum Gasteiger partial charge on any atom is -0.459 e. The first-order chi connectivity index (χ1) is 12.5. The maximum atomic E-state index is 12.7. The first-order valence-corrected chi connectivity index (χ1v) is 8.75. The summed E-state index contributed by atoms with van der Waals surface area (Å²) in [6.07, 6.45) is 1.48. The van der Waals surface area contributed by atoms with Crippen LogP contribution in [-0.2, 0) is 11.3 Å². The Labute approximate surface area is 157 Å². The summed E-state index contributed by atoms with van der Waals surface area (Å²) in [5, 5.41) is 1.43. The first kappa shape index (κ1) is 18.4. The van der Waals surface area contributed by atoms with Gasteiger partial charge >= 0.3 is 0 Å². The van der Waals surface area contributed by atoms with E-state index >= 15 is 0 Å². The number of benzene rings is 1. The molecule has 1 amide bonds. The Morgan fingerprint density at radius 1 is 1.31 bits per heavy atom. The van der Waals surface area contributed by atoms with Crippen LogP contribution in [0.15, 0.2) is 41.0 Å². The average Bonchev–Trinajstić information content (AvgIpc) is 3.13. The molecule has 136 valence electrons. The standard InChI is InChI=1S/C20H21ClN2O3/c1-13-9-14(2)16-11-15(19(21)22-17(16)10-13)12-23(6-8-25-3)20(24)18-5-4-7-26-18/h4-5,7,9-11H,6,8,12H2,1-3H3. The van der Waals surface area contributed by atoms with Crippen molar-refractivity contribution in [3.63, 3.8) is 0 Å². The molecule has 3 rings (SSSR count). The monoisotopic (exact) mass is 372 g/mol. The van der Waals surface area contributed by atoms with Crippen molar-refractivity contribution in [1.82, 2.24) is 9.88 Å². The molecule has 0 aliphatic heterocycles. The number of ether oxygens (including phenoxy) is 1. The largest absolute Gasteiger partial charge is 0.459 e. The number of rotatable bonds is 6.